The molecule has 0 spiro atoms. The summed E-state index contributed by atoms with van der Waals surface area (Å²) >= 11 is 0. The predicted octanol–water partition coefficient (Wildman–Crippen LogP) is 2.25. The zero-order valence-electron chi connectivity index (χ0n) is 13.1. The molecule has 2 heterocycles. The van der Waals surface area contributed by atoms with Gasteiger partial charge in [0.2, 0.25) is 11.9 Å². The van der Waals surface area contributed by atoms with Crippen molar-refractivity contribution in [3.63, 3.8) is 0 Å². The highest BCUT2D eigenvalue weighted by atomic mass is 16.1. The van der Waals surface area contributed by atoms with E-state index in [0.29, 0.717) is 5.92 Å². The van der Waals surface area contributed by atoms with Crippen molar-refractivity contribution in [2.75, 3.05) is 24.5 Å². The summed E-state index contributed by atoms with van der Waals surface area (Å²) in [5.41, 5.74) is 0. The molecule has 1 aromatic rings. The molecule has 0 radical (unpaired) electrons. The molecule has 21 heavy (non-hydrogen) atoms. The topological polar surface area (TPSA) is 58.1 Å². The van der Waals surface area contributed by atoms with E-state index >= 15 is 0 Å². The van der Waals surface area contributed by atoms with Crippen LogP contribution in [-0.4, -0.2) is 35.5 Å². The van der Waals surface area contributed by atoms with Gasteiger partial charge in [0, 0.05) is 37.9 Å². The number of nitrogens with one attached hydrogen (secondary N) is 1. The van der Waals surface area contributed by atoms with E-state index in [4.69, 9.17) is 0 Å². The fraction of sp³-hybridized carbons (Fsp3) is 0.688. The number of carbonyl (C=O) groups excluding carboxylic acids is 1. The highest BCUT2D eigenvalue weighted by Crippen LogP contribution is 2.19. The van der Waals surface area contributed by atoms with Gasteiger partial charge in [-0.1, -0.05) is 13.8 Å². The molecule has 5 heteroatoms. The molecule has 2 rings (SSSR count). The van der Waals surface area contributed by atoms with Gasteiger partial charge < -0.3 is 10.2 Å². The van der Waals surface area contributed by atoms with Crippen molar-refractivity contribution in [3.8, 4) is 0 Å². The lowest BCUT2D eigenvalue weighted by atomic mass is 9.96. The number of carbonyl (C=O) groups is 1. The first-order valence-electron chi connectivity index (χ1n) is 8.04. The Balaban J connectivity index is 1.73. The van der Waals surface area contributed by atoms with E-state index in [1.54, 1.807) is 12.4 Å². The maximum atomic E-state index is 12.0. The first-order valence-corrected chi connectivity index (χ1v) is 8.04. The van der Waals surface area contributed by atoms with Gasteiger partial charge in [-0.2, -0.15) is 0 Å². The van der Waals surface area contributed by atoms with Crippen LogP contribution in [0.2, 0.25) is 0 Å². The molecule has 1 saturated heterocycles. The maximum absolute atomic E-state index is 12.0. The van der Waals surface area contributed by atoms with Crippen LogP contribution in [0.25, 0.3) is 0 Å². The van der Waals surface area contributed by atoms with Gasteiger partial charge in [-0.3, -0.25) is 4.79 Å². The summed E-state index contributed by atoms with van der Waals surface area (Å²) in [5.74, 6) is 1.77. The Hall–Kier alpha value is -1.65. The standard InChI is InChI=1S/C16H26N4O/c1-3-14(4-2)15(21)19-12-13-6-10-20(11-7-13)16-17-8-5-9-18-16/h5,8-9,13-14H,3-4,6-7,10-12H2,1-2H3,(H,19,21). The summed E-state index contributed by atoms with van der Waals surface area (Å²) in [5, 5.41) is 3.12. The summed E-state index contributed by atoms with van der Waals surface area (Å²) in [4.78, 5) is 22.8. The molecule has 1 aliphatic rings. The Kier molecular flexibility index (Phi) is 5.96. The molecule has 1 amide bonds. The molecular weight excluding hydrogens is 264 g/mol. The highest BCUT2D eigenvalue weighted by Gasteiger charge is 2.22. The Morgan fingerprint density at radius 3 is 2.48 bits per heavy atom. The van der Waals surface area contributed by atoms with E-state index < -0.39 is 0 Å². The van der Waals surface area contributed by atoms with Gasteiger partial charge in [-0.05, 0) is 37.7 Å². The average Bonchev–Trinajstić information content (AvgIpc) is 2.55. The third kappa shape index (κ3) is 4.41. The predicted molar refractivity (Wildman–Crippen MR) is 84.1 cm³/mol. The van der Waals surface area contributed by atoms with Crippen LogP contribution in [0.3, 0.4) is 0 Å². The van der Waals surface area contributed by atoms with Crippen LogP contribution in [0.1, 0.15) is 39.5 Å². The molecule has 0 atom stereocenters. The molecule has 0 aliphatic carbocycles. The summed E-state index contributed by atoms with van der Waals surface area (Å²) in [7, 11) is 0. The number of anilines is 1. The second kappa shape index (κ2) is 7.96. The molecule has 0 aromatic carbocycles. The molecule has 1 N–H and O–H groups in total. The summed E-state index contributed by atoms with van der Waals surface area (Å²) in [6.07, 6.45) is 7.58. The lowest BCUT2D eigenvalue weighted by molar-refractivity contribution is -0.125. The van der Waals surface area contributed by atoms with E-state index in [2.05, 4.69) is 34.0 Å². The second-order valence-corrected chi connectivity index (χ2v) is 5.74. The largest absolute Gasteiger partial charge is 0.356 e. The van der Waals surface area contributed by atoms with E-state index in [1.807, 2.05) is 6.07 Å². The normalized spacial score (nSPS) is 16.2. The zero-order chi connectivity index (χ0) is 15.1. The Bertz CT molecular complexity index is 425. The SMILES string of the molecule is CCC(CC)C(=O)NCC1CCN(c2ncccn2)CC1. The van der Waals surface area contributed by atoms with Crippen molar-refractivity contribution in [1.29, 1.82) is 0 Å². The maximum Gasteiger partial charge on any atom is 0.225 e. The van der Waals surface area contributed by atoms with Crippen LogP contribution in [0, 0.1) is 11.8 Å². The fourth-order valence-corrected chi connectivity index (χ4v) is 2.84. The van der Waals surface area contributed by atoms with Crippen molar-refractivity contribution < 1.29 is 4.79 Å². The molecule has 0 saturated carbocycles. The van der Waals surface area contributed by atoms with Crippen LogP contribution in [0.4, 0.5) is 5.95 Å². The van der Waals surface area contributed by atoms with Gasteiger partial charge in [0.25, 0.3) is 0 Å². The van der Waals surface area contributed by atoms with E-state index in [1.165, 1.54) is 0 Å². The Morgan fingerprint density at radius 1 is 1.29 bits per heavy atom. The third-order valence-electron chi connectivity index (χ3n) is 4.37. The Morgan fingerprint density at radius 2 is 1.90 bits per heavy atom. The minimum Gasteiger partial charge on any atom is -0.356 e. The van der Waals surface area contributed by atoms with E-state index in [0.717, 1.165) is 51.3 Å². The number of nitrogens with zero attached hydrogens (tertiary/aromatic N) is 3. The minimum absolute atomic E-state index is 0.169. The molecule has 1 aliphatic heterocycles. The molecule has 1 aromatic heterocycles. The zero-order valence-corrected chi connectivity index (χ0v) is 13.1. The first kappa shape index (κ1) is 15.7. The fourth-order valence-electron chi connectivity index (χ4n) is 2.84. The van der Waals surface area contributed by atoms with Gasteiger partial charge in [0.1, 0.15) is 0 Å². The molecule has 0 bridgehead atoms. The van der Waals surface area contributed by atoms with Crippen molar-refractivity contribution in [1.82, 2.24) is 15.3 Å². The van der Waals surface area contributed by atoms with Gasteiger partial charge in [-0.15, -0.1) is 0 Å². The van der Waals surface area contributed by atoms with Crippen LogP contribution in [0.15, 0.2) is 18.5 Å². The molecular formula is C16H26N4O. The van der Waals surface area contributed by atoms with Crippen LogP contribution in [0.5, 0.6) is 0 Å². The number of piperidine rings is 1. The highest BCUT2D eigenvalue weighted by molar-refractivity contribution is 5.78. The number of hydrogen-bond acceptors (Lipinski definition) is 4. The van der Waals surface area contributed by atoms with Gasteiger partial charge in [-0.25, -0.2) is 9.97 Å². The van der Waals surface area contributed by atoms with Crippen LogP contribution < -0.4 is 10.2 Å². The monoisotopic (exact) mass is 290 g/mol. The number of amides is 1. The lowest BCUT2D eigenvalue weighted by Gasteiger charge is -2.32. The molecule has 5 nitrogen and oxygen atoms in total. The van der Waals surface area contributed by atoms with Crippen molar-refractivity contribution >= 4 is 11.9 Å². The molecule has 0 unspecified atom stereocenters. The summed E-state index contributed by atoms with van der Waals surface area (Å²) in [6, 6.07) is 1.84. The Labute approximate surface area is 127 Å². The van der Waals surface area contributed by atoms with Crippen LogP contribution >= 0.6 is 0 Å². The molecule has 1 fully saturated rings. The average molecular weight is 290 g/mol. The minimum atomic E-state index is 0.169. The summed E-state index contributed by atoms with van der Waals surface area (Å²) < 4.78 is 0. The van der Waals surface area contributed by atoms with Crippen molar-refractivity contribution in [3.05, 3.63) is 18.5 Å². The van der Waals surface area contributed by atoms with Crippen molar-refractivity contribution in [2.45, 2.75) is 39.5 Å². The van der Waals surface area contributed by atoms with E-state index in [9.17, 15) is 4.79 Å². The van der Waals surface area contributed by atoms with Crippen LogP contribution in [-0.2, 0) is 4.79 Å². The van der Waals surface area contributed by atoms with Gasteiger partial charge >= 0.3 is 0 Å². The first-order chi connectivity index (χ1) is 10.2. The summed E-state index contributed by atoms with van der Waals surface area (Å²) in [6.45, 7) is 6.89. The quantitative estimate of drug-likeness (QED) is 0.873. The second-order valence-electron chi connectivity index (χ2n) is 5.74. The number of aromatic nitrogens is 2. The number of rotatable bonds is 6. The third-order valence-corrected chi connectivity index (χ3v) is 4.37. The van der Waals surface area contributed by atoms with Gasteiger partial charge in [0.05, 0.1) is 0 Å². The van der Waals surface area contributed by atoms with E-state index in [-0.39, 0.29) is 11.8 Å². The smallest absolute Gasteiger partial charge is 0.225 e. The molecule has 116 valence electrons. The lowest BCUT2D eigenvalue weighted by Crippen LogP contribution is -2.40. The number of hydrogen-bond donors (Lipinski definition) is 1. The van der Waals surface area contributed by atoms with Gasteiger partial charge in [0.15, 0.2) is 0 Å². The van der Waals surface area contributed by atoms with Crippen molar-refractivity contribution in [2.24, 2.45) is 11.8 Å².